The highest BCUT2D eigenvalue weighted by Crippen LogP contribution is 2.28. The van der Waals surface area contributed by atoms with Crippen LogP contribution in [0, 0.1) is 13.8 Å². The zero-order chi connectivity index (χ0) is 23.4. The molecule has 0 N–H and O–H groups in total. The number of benzene rings is 2. The van der Waals surface area contributed by atoms with Gasteiger partial charge in [0.25, 0.3) is 0 Å². The number of anilines is 1. The molecule has 172 valence electrons. The van der Waals surface area contributed by atoms with E-state index >= 15 is 0 Å². The lowest BCUT2D eigenvalue weighted by Gasteiger charge is -2.38. The number of hydrogen-bond donors (Lipinski definition) is 0. The molecule has 33 heavy (non-hydrogen) atoms. The summed E-state index contributed by atoms with van der Waals surface area (Å²) in [5, 5.41) is 0. The van der Waals surface area contributed by atoms with Gasteiger partial charge < -0.3 is 9.80 Å². The van der Waals surface area contributed by atoms with Crippen molar-refractivity contribution < 1.29 is 4.79 Å². The summed E-state index contributed by atoms with van der Waals surface area (Å²) in [4.78, 5) is 27.5. The summed E-state index contributed by atoms with van der Waals surface area (Å²) >= 11 is 0. The van der Waals surface area contributed by atoms with Crippen molar-refractivity contribution in [3.05, 3.63) is 77.0 Å². The predicted molar refractivity (Wildman–Crippen MR) is 135 cm³/mol. The Hall–Kier alpha value is -3.21. The van der Waals surface area contributed by atoms with Crippen LogP contribution in [-0.4, -0.2) is 47.0 Å². The first kappa shape index (κ1) is 23.0. The van der Waals surface area contributed by atoms with Gasteiger partial charge in [0.2, 0.25) is 5.91 Å². The van der Waals surface area contributed by atoms with Gasteiger partial charge in [0, 0.05) is 43.0 Å². The number of amides is 1. The molecule has 2 aromatic carbocycles. The number of nitrogens with zero attached hydrogens (tertiary/aromatic N) is 4. The zero-order valence-electron chi connectivity index (χ0n) is 20.2. The molecule has 0 spiro atoms. The van der Waals surface area contributed by atoms with Crippen LogP contribution in [0.5, 0.6) is 0 Å². The Balaban J connectivity index is 1.54. The first-order valence-electron chi connectivity index (χ1n) is 12.0. The van der Waals surface area contributed by atoms with Crippen LogP contribution in [0.25, 0.3) is 11.4 Å². The van der Waals surface area contributed by atoms with Crippen LogP contribution in [0.2, 0.25) is 0 Å². The van der Waals surface area contributed by atoms with Crippen LogP contribution in [0.15, 0.2) is 54.6 Å². The molecule has 1 amide bonds. The predicted octanol–water partition coefficient (Wildman–Crippen LogP) is 5.17. The van der Waals surface area contributed by atoms with Crippen LogP contribution in [0.3, 0.4) is 0 Å². The number of aromatic nitrogens is 2. The maximum Gasteiger partial charge on any atom is 0.230 e. The highest BCUT2D eigenvalue weighted by molar-refractivity contribution is 5.84. The normalized spacial score (nSPS) is 14.9. The highest BCUT2D eigenvalue weighted by atomic mass is 16.2. The Kier molecular flexibility index (Phi) is 7.07. The third-order valence-corrected chi connectivity index (χ3v) is 6.62. The van der Waals surface area contributed by atoms with E-state index in [1.807, 2.05) is 23.1 Å². The van der Waals surface area contributed by atoms with Crippen LogP contribution in [-0.2, 0) is 11.2 Å². The number of hydrogen-bond acceptors (Lipinski definition) is 4. The number of aryl methyl sites for hydroxylation is 2. The van der Waals surface area contributed by atoms with Crippen LogP contribution >= 0.6 is 0 Å². The van der Waals surface area contributed by atoms with Crippen LogP contribution < -0.4 is 4.90 Å². The topological polar surface area (TPSA) is 49.3 Å². The smallest absolute Gasteiger partial charge is 0.230 e. The van der Waals surface area contributed by atoms with E-state index in [-0.39, 0.29) is 11.8 Å². The highest BCUT2D eigenvalue weighted by Gasteiger charge is 2.29. The fourth-order valence-electron chi connectivity index (χ4n) is 4.77. The second-order valence-corrected chi connectivity index (χ2v) is 8.84. The fourth-order valence-corrected chi connectivity index (χ4v) is 4.77. The first-order valence-corrected chi connectivity index (χ1v) is 12.0. The van der Waals surface area contributed by atoms with Crippen molar-refractivity contribution in [2.75, 3.05) is 31.1 Å². The minimum atomic E-state index is -0.0711. The average Bonchev–Trinajstić information content (AvgIpc) is 2.84. The molecule has 0 unspecified atom stereocenters. The van der Waals surface area contributed by atoms with E-state index in [9.17, 15) is 4.79 Å². The molecule has 5 heteroatoms. The number of piperazine rings is 1. The molecule has 1 saturated heterocycles. The Morgan fingerprint density at radius 1 is 0.939 bits per heavy atom. The minimum absolute atomic E-state index is 0.0711. The van der Waals surface area contributed by atoms with E-state index in [2.05, 4.69) is 69.0 Å². The van der Waals surface area contributed by atoms with Gasteiger partial charge in [-0.2, -0.15) is 0 Å². The molecule has 4 rings (SSSR count). The molecule has 0 saturated carbocycles. The molecular weight excluding hydrogens is 408 g/mol. The Morgan fingerprint density at radius 3 is 2.30 bits per heavy atom. The summed E-state index contributed by atoms with van der Waals surface area (Å²) < 4.78 is 0. The van der Waals surface area contributed by atoms with E-state index in [1.165, 1.54) is 11.1 Å². The molecule has 1 aliphatic heterocycles. The van der Waals surface area contributed by atoms with E-state index in [0.29, 0.717) is 13.1 Å². The summed E-state index contributed by atoms with van der Waals surface area (Å²) in [7, 11) is 0. The Bertz CT molecular complexity index is 1100. The van der Waals surface area contributed by atoms with Gasteiger partial charge in [-0.3, -0.25) is 4.79 Å². The molecular formula is C28H34N4O. The van der Waals surface area contributed by atoms with Gasteiger partial charge in [-0.15, -0.1) is 0 Å². The van der Waals surface area contributed by atoms with E-state index in [1.54, 1.807) is 0 Å². The third-order valence-electron chi connectivity index (χ3n) is 6.62. The number of rotatable bonds is 6. The molecule has 1 fully saturated rings. The molecule has 5 nitrogen and oxygen atoms in total. The maximum absolute atomic E-state index is 13.3. The number of carbonyl (C=O) groups is 1. The summed E-state index contributed by atoms with van der Waals surface area (Å²) in [6.45, 7) is 11.4. The summed E-state index contributed by atoms with van der Waals surface area (Å²) in [5.41, 5.74) is 5.58. The van der Waals surface area contributed by atoms with Crippen molar-refractivity contribution >= 4 is 11.7 Å². The quantitative estimate of drug-likeness (QED) is 0.529. The SMILES string of the molecule is CCc1c(C)nc(-c2cccc(C)c2)nc1N1CCN(C(=O)[C@H](CC)c2ccccc2)CC1. The molecule has 0 bridgehead atoms. The van der Waals surface area contributed by atoms with E-state index in [4.69, 9.17) is 9.97 Å². The maximum atomic E-state index is 13.3. The zero-order valence-corrected chi connectivity index (χ0v) is 20.2. The van der Waals surface area contributed by atoms with Crippen molar-refractivity contribution in [2.24, 2.45) is 0 Å². The van der Waals surface area contributed by atoms with Gasteiger partial charge in [-0.1, -0.05) is 67.9 Å². The van der Waals surface area contributed by atoms with Gasteiger partial charge in [0.05, 0.1) is 5.92 Å². The van der Waals surface area contributed by atoms with Gasteiger partial charge in [-0.25, -0.2) is 9.97 Å². The minimum Gasteiger partial charge on any atom is -0.353 e. The van der Waals surface area contributed by atoms with Gasteiger partial charge >= 0.3 is 0 Å². The van der Waals surface area contributed by atoms with Crippen LogP contribution in [0.4, 0.5) is 5.82 Å². The van der Waals surface area contributed by atoms with Gasteiger partial charge in [-0.05, 0) is 38.3 Å². The molecule has 1 atom stereocenters. The van der Waals surface area contributed by atoms with Crippen LogP contribution in [0.1, 0.15) is 48.6 Å². The lowest BCUT2D eigenvalue weighted by Crippen LogP contribution is -2.50. The lowest BCUT2D eigenvalue weighted by molar-refractivity contribution is -0.133. The second kappa shape index (κ2) is 10.2. The van der Waals surface area contributed by atoms with Crippen molar-refractivity contribution in [3.8, 4) is 11.4 Å². The van der Waals surface area contributed by atoms with Crippen molar-refractivity contribution in [1.29, 1.82) is 0 Å². The summed E-state index contributed by atoms with van der Waals surface area (Å²) in [6.07, 6.45) is 1.70. The van der Waals surface area contributed by atoms with Gasteiger partial charge in [0.1, 0.15) is 5.82 Å². The second-order valence-electron chi connectivity index (χ2n) is 8.84. The monoisotopic (exact) mass is 442 g/mol. The fraction of sp³-hybridized carbons (Fsp3) is 0.393. The largest absolute Gasteiger partial charge is 0.353 e. The van der Waals surface area contributed by atoms with Crippen molar-refractivity contribution in [2.45, 2.75) is 46.5 Å². The Morgan fingerprint density at radius 2 is 1.67 bits per heavy atom. The van der Waals surface area contributed by atoms with Gasteiger partial charge in [0.15, 0.2) is 5.82 Å². The van der Waals surface area contributed by atoms with Crippen molar-refractivity contribution in [3.63, 3.8) is 0 Å². The standard InChI is InChI=1S/C28H34N4O/c1-5-24-21(4)29-26(23-14-10-11-20(3)19-23)30-27(24)31-15-17-32(18-16-31)28(33)25(6-2)22-12-8-7-9-13-22/h7-14,19,25H,5-6,15-18H2,1-4H3/t25-/m1/s1. The molecule has 2 heterocycles. The lowest BCUT2D eigenvalue weighted by atomic mass is 9.95. The molecule has 1 aliphatic rings. The number of carbonyl (C=O) groups excluding carboxylic acids is 1. The summed E-state index contributed by atoms with van der Waals surface area (Å²) in [6, 6.07) is 18.5. The van der Waals surface area contributed by atoms with E-state index in [0.717, 1.165) is 54.4 Å². The molecule has 1 aromatic heterocycles. The third kappa shape index (κ3) is 4.92. The molecule has 3 aromatic rings. The molecule has 0 aliphatic carbocycles. The average molecular weight is 443 g/mol. The summed E-state index contributed by atoms with van der Waals surface area (Å²) in [5.74, 6) is 1.96. The van der Waals surface area contributed by atoms with Crippen molar-refractivity contribution in [1.82, 2.24) is 14.9 Å². The first-order chi connectivity index (χ1) is 16.0. The molecule has 0 radical (unpaired) electrons. The van der Waals surface area contributed by atoms with E-state index < -0.39 is 0 Å². The Labute approximate surface area is 197 Å².